The zero-order chi connectivity index (χ0) is 16.7. The van der Waals surface area contributed by atoms with Gasteiger partial charge in [0.25, 0.3) is 5.91 Å². The predicted octanol–water partition coefficient (Wildman–Crippen LogP) is 3.17. The van der Waals surface area contributed by atoms with Gasteiger partial charge in [-0.2, -0.15) is 0 Å². The molecule has 2 N–H and O–H groups in total. The first-order chi connectivity index (χ1) is 11.2. The van der Waals surface area contributed by atoms with Crippen molar-refractivity contribution < 1.29 is 14.3 Å². The number of carbonyl (C=O) groups excluding carboxylic acids is 1. The summed E-state index contributed by atoms with van der Waals surface area (Å²) in [7, 11) is 3.11. The molecule has 0 bridgehead atoms. The van der Waals surface area contributed by atoms with Gasteiger partial charge in [-0.25, -0.2) is 0 Å². The fourth-order valence-corrected chi connectivity index (χ4v) is 2.04. The number of benzene rings is 1. The summed E-state index contributed by atoms with van der Waals surface area (Å²) in [5.41, 5.74) is 1.83. The number of carbonyl (C=O) groups is 1. The average Bonchev–Trinajstić information content (AvgIpc) is 2.60. The number of aromatic nitrogens is 1. The van der Waals surface area contributed by atoms with Gasteiger partial charge in [-0.1, -0.05) is 6.92 Å². The second kappa shape index (κ2) is 8.03. The van der Waals surface area contributed by atoms with E-state index in [0.29, 0.717) is 22.9 Å². The van der Waals surface area contributed by atoms with E-state index in [-0.39, 0.29) is 5.91 Å². The molecule has 1 aromatic carbocycles. The quantitative estimate of drug-likeness (QED) is 0.821. The smallest absolute Gasteiger partial charge is 0.274 e. The van der Waals surface area contributed by atoms with Gasteiger partial charge in [-0.15, -0.1) is 0 Å². The average molecular weight is 315 g/mol. The Morgan fingerprint density at radius 2 is 1.87 bits per heavy atom. The maximum absolute atomic E-state index is 12.3. The van der Waals surface area contributed by atoms with E-state index < -0.39 is 0 Å². The molecule has 1 heterocycles. The fourth-order valence-electron chi connectivity index (χ4n) is 2.04. The second-order valence-electron chi connectivity index (χ2n) is 4.88. The molecule has 0 aliphatic rings. The van der Waals surface area contributed by atoms with Crippen molar-refractivity contribution >= 4 is 17.3 Å². The van der Waals surface area contributed by atoms with Crippen LogP contribution in [0.25, 0.3) is 0 Å². The minimum atomic E-state index is -0.280. The van der Waals surface area contributed by atoms with Crippen LogP contribution < -0.4 is 20.1 Å². The molecule has 122 valence electrons. The maximum Gasteiger partial charge on any atom is 0.274 e. The Morgan fingerprint density at radius 1 is 1.09 bits per heavy atom. The number of pyridine rings is 1. The minimum absolute atomic E-state index is 0.280. The Kier molecular flexibility index (Phi) is 5.80. The molecule has 23 heavy (non-hydrogen) atoms. The second-order valence-corrected chi connectivity index (χ2v) is 4.88. The third kappa shape index (κ3) is 4.35. The van der Waals surface area contributed by atoms with Crippen LogP contribution in [-0.4, -0.2) is 31.7 Å². The minimum Gasteiger partial charge on any atom is -0.493 e. The fraction of sp³-hybridized carbons (Fsp3) is 0.294. The number of hydrogen-bond acceptors (Lipinski definition) is 5. The van der Waals surface area contributed by atoms with E-state index in [1.807, 2.05) is 6.07 Å². The van der Waals surface area contributed by atoms with E-state index in [0.717, 1.165) is 18.7 Å². The van der Waals surface area contributed by atoms with E-state index in [4.69, 9.17) is 9.47 Å². The number of nitrogens with zero attached hydrogens (tertiary/aromatic N) is 1. The van der Waals surface area contributed by atoms with Crippen molar-refractivity contribution in [2.75, 3.05) is 31.4 Å². The van der Waals surface area contributed by atoms with Gasteiger partial charge in [0, 0.05) is 30.2 Å². The van der Waals surface area contributed by atoms with Crippen molar-refractivity contribution in [3.8, 4) is 11.5 Å². The lowest BCUT2D eigenvalue weighted by Gasteiger charge is -2.11. The molecule has 1 aromatic heterocycles. The molecule has 0 aliphatic heterocycles. The summed E-state index contributed by atoms with van der Waals surface area (Å²) >= 11 is 0. The maximum atomic E-state index is 12.3. The Hall–Kier alpha value is -2.76. The van der Waals surface area contributed by atoms with Crippen molar-refractivity contribution in [1.82, 2.24) is 4.98 Å². The van der Waals surface area contributed by atoms with Crippen molar-refractivity contribution in [2.24, 2.45) is 0 Å². The Morgan fingerprint density at radius 3 is 2.57 bits per heavy atom. The van der Waals surface area contributed by atoms with Gasteiger partial charge >= 0.3 is 0 Å². The summed E-state index contributed by atoms with van der Waals surface area (Å²) in [6.07, 6.45) is 2.62. The van der Waals surface area contributed by atoms with Crippen LogP contribution in [0.4, 0.5) is 11.4 Å². The molecule has 0 fully saturated rings. The summed E-state index contributed by atoms with van der Waals surface area (Å²) in [6.45, 7) is 2.93. The number of rotatable bonds is 7. The van der Waals surface area contributed by atoms with Crippen LogP contribution in [0.5, 0.6) is 11.5 Å². The first-order valence-electron chi connectivity index (χ1n) is 7.41. The molecule has 0 saturated heterocycles. The van der Waals surface area contributed by atoms with Crippen molar-refractivity contribution in [3.63, 3.8) is 0 Å². The van der Waals surface area contributed by atoms with Gasteiger partial charge in [-0.05, 0) is 30.7 Å². The molecule has 6 heteroatoms. The van der Waals surface area contributed by atoms with Gasteiger partial charge in [0.1, 0.15) is 5.69 Å². The highest BCUT2D eigenvalue weighted by Crippen LogP contribution is 2.29. The number of ether oxygens (including phenoxy) is 2. The van der Waals surface area contributed by atoms with Gasteiger partial charge < -0.3 is 20.1 Å². The monoisotopic (exact) mass is 315 g/mol. The molecule has 2 aromatic rings. The molecule has 6 nitrogen and oxygen atoms in total. The normalized spacial score (nSPS) is 10.0. The van der Waals surface area contributed by atoms with Crippen LogP contribution in [0.2, 0.25) is 0 Å². The third-order valence-electron chi connectivity index (χ3n) is 3.21. The number of amides is 1. The first kappa shape index (κ1) is 16.6. The van der Waals surface area contributed by atoms with E-state index in [9.17, 15) is 4.79 Å². The summed E-state index contributed by atoms with van der Waals surface area (Å²) in [6, 6.07) is 8.75. The van der Waals surface area contributed by atoms with Gasteiger partial charge in [0.05, 0.1) is 14.2 Å². The third-order valence-corrected chi connectivity index (χ3v) is 3.21. The number of anilines is 2. The number of hydrogen-bond donors (Lipinski definition) is 2. The predicted molar refractivity (Wildman–Crippen MR) is 90.5 cm³/mol. The molecule has 2 rings (SSSR count). The standard InChI is InChI=1S/C17H21N3O3/c1-4-8-18-12-7-9-19-14(10-12)17(21)20-13-5-6-15(22-2)16(11-13)23-3/h5-7,9-11H,4,8H2,1-3H3,(H,18,19)(H,20,21). The zero-order valence-corrected chi connectivity index (χ0v) is 13.6. The van der Waals surface area contributed by atoms with Crippen LogP contribution in [0, 0.1) is 0 Å². The van der Waals surface area contributed by atoms with Crippen molar-refractivity contribution in [3.05, 3.63) is 42.2 Å². The molecule has 1 amide bonds. The summed E-state index contributed by atoms with van der Waals surface area (Å²) in [5, 5.41) is 6.03. The van der Waals surface area contributed by atoms with E-state index >= 15 is 0 Å². The molecule has 0 aliphatic carbocycles. The first-order valence-corrected chi connectivity index (χ1v) is 7.41. The van der Waals surface area contributed by atoms with Gasteiger partial charge in [0.15, 0.2) is 11.5 Å². The molecule has 0 unspecified atom stereocenters. The van der Waals surface area contributed by atoms with E-state index in [1.165, 1.54) is 0 Å². The Bertz CT molecular complexity index is 674. The number of methoxy groups -OCH3 is 2. The van der Waals surface area contributed by atoms with Crippen LogP contribution in [0.1, 0.15) is 23.8 Å². The van der Waals surface area contributed by atoms with Crippen molar-refractivity contribution in [2.45, 2.75) is 13.3 Å². The van der Waals surface area contributed by atoms with E-state index in [1.54, 1.807) is 44.7 Å². The lowest BCUT2D eigenvalue weighted by molar-refractivity contribution is 0.102. The van der Waals surface area contributed by atoms with Crippen LogP contribution in [0.15, 0.2) is 36.5 Å². The lowest BCUT2D eigenvalue weighted by atomic mass is 10.2. The molecular formula is C17H21N3O3. The van der Waals surface area contributed by atoms with Gasteiger partial charge in [-0.3, -0.25) is 9.78 Å². The summed E-state index contributed by atoms with van der Waals surface area (Å²) in [5.74, 6) is 0.878. The van der Waals surface area contributed by atoms with Gasteiger partial charge in [0.2, 0.25) is 0 Å². The SMILES string of the molecule is CCCNc1ccnc(C(=O)Nc2ccc(OC)c(OC)c2)c1. The molecule has 0 saturated carbocycles. The molecule has 0 atom stereocenters. The van der Waals surface area contributed by atoms with Crippen LogP contribution in [-0.2, 0) is 0 Å². The van der Waals surface area contributed by atoms with E-state index in [2.05, 4.69) is 22.5 Å². The van der Waals surface area contributed by atoms with Crippen LogP contribution in [0.3, 0.4) is 0 Å². The topological polar surface area (TPSA) is 72.5 Å². The Balaban J connectivity index is 2.12. The summed E-state index contributed by atoms with van der Waals surface area (Å²) in [4.78, 5) is 16.4. The largest absolute Gasteiger partial charge is 0.493 e. The lowest BCUT2D eigenvalue weighted by Crippen LogP contribution is -2.14. The zero-order valence-electron chi connectivity index (χ0n) is 13.6. The van der Waals surface area contributed by atoms with Crippen molar-refractivity contribution in [1.29, 1.82) is 0 Å². The highest BCUT2D eigenvalue weighted by molar-refractivity contribution is 6.03. The molecule has 0 radical (unpaired) electrons. The highest BCUT2D eigenvalue weighted by Gasteiger charge is 2.11. The summed E-state index contributed by atoms with van der Waals surface area (Å²) < 4.78 is 10.4. The number of nitrogens with one attached hydrogen (secondary N) is 2. The Labute approximate surface area is 135 Å². The van der Waals surface area contributed by atoms with Crippen LogP contribution >= 0.6 is 0 Å². The molecular weight excluding hydrogens is 294 g/mol. The molecule has 0 spiro atoms. The highest BCUT2D eigenvalue weighted by atomic mass is 16.5.